The van der Waals surface area contributed by atoms with Gasteiger partial charge in [-0.05, 0) is 27.2 Å². The zero-order valence-electron chi connectivity index (χ0n) is 11.1. The monoisotopic (exact) mass is 298 g/mol. The molecule has 4 unspecified atom stereocenters. The second-order valence-corrected chi connectivity index (χ2v) is 7.01. The molecule has 0 bridgehead atoms. The summed E-state index contributed by atoms with van der Waals surface area (Å²) in [6.45, 7) is 9.95. The normalized spacial score (nSPS) is 18.5. The molecule has 17 heavy (non-hydrogen) atoms. The van der Waals surface area contributed by atoms with Gasteiger partial charge in [-0.25, -0.2) is 0 Å². The number of thioether (sulfide) groups is 1. The van der Waals surface area contributed by atoms with Crippen molar-refractivity contribution < 1.29 is 14.0 Å². The van der Waals surface area contributed by atoms with Crippen molar-refractivity contribution in [1.82, 2.24) is 0 Å². The highest BCUT2D eigenvalue weighted by atomic mass is 32.2. The van der Waals surface area contributed by atoms with E-state index >= 15 is 0 Å². The average Bonchev–Trinajstić information content (AvgIpc) is 2.14. The molecule has 0 radical (unpaired) electrons. The van der Waals surface area contributed by atoms with Gasteiger partial charge in [0.2, 0.25) is 0 Å². The molecular weight excluding hydrogens is 275 g/mol. The zero-order valence-corrected chi connectivity index (χ0v) is 13.7. The summed E-state index contributed by atoms with van der Waals surface area (Å²) < 4.78 is 16.5. The lowest BCUT2D eigenvalue weighted by Crippen LogP contribution is -2.34. The van der Waals surface area contributed by atoms with Crippen molar-refractivity contribution in [2.75, 3.05) is 0 Å². The molecule has 7 heteroatoms. The maximum Gasteiger partial charge on any atom is 0.641 e. The largest absolute Gasteiger partial charge is 0.641 e. The third-order valence-corrected chi connectivity index (χ3v) is 3.45. The number of hydrogen-bond donors (Lipinski definition) is 2. The van der Waals surface area contributed by atoms with E-state index in [0.717, 1.165) is 6.42 Å². The Labute approximate surface area is 121 Å². The Morgan fingerprint density at radius 2 is 1.47 bits per heavy atom. The predicted molar refractivity (Wildman–Crippen MR) is 82.7 cm³/mol. The van der Waals surface area contributed by atoms with E-state index in [4.69, 9.17) is 14.0 Å². The summed E-state index contributed by atoms with van der Waals surface area (Å²) in [5.41, 5.74) is -0.477. The topological polar surface area (TPSA) is 27.7 Å². The highest BCUT2D eigenvalue weighted by Gasteiger charge is 2.28. The van der Waals surface area contributed by atoms with E-state index in [2.05, 4.69) is 39.1 Å². The molecule has 0 fully saturated rings. The van der Waals surface area contributed by atoms with Crippen LogP contribution >= 0.6 is 37.0 Å². The first-order valence-electron chi connectivity index (χ1n) is 5.83. The molecule has 0 saturated carbocycles. The van der Waals surface area contributed by atoms with E-state index in [1.165, 1.54) is 0 Å². The summed E-state index contributed by atoms with van der Waals surface area (Å²) >= 11 is 10.1. The van der Waals surface area contributed by atoms with Crippen LogP contribution in [0, 0.1) is 0 Å². The van der Waals surface area contributed by atoms with Crippen LogP contribution in [0.25, 0.3) is 0 Å². The number of rotatable bonds is 9. The van der Waals surface area contributed by atoms with Gasteiger partial charge in [-0.3, -0.25) is 0 Å². The van der Waals surface area contributed by atoms with Gasteiger partial charge >= 0.3 is 7.32 Å². The fourth-order valence-electron chi connectivity index (χ4n) is 1.03. The van der Waals surface area contributed by atoms with Crippen LogP contribution in [0.1, 0.15) is 41.0 Å². The first kappa shape index (κ1) is 18.0. The lowest BCUT2D eigenvalue weighted by Gasteiger charge is -2.23. The molecular formula is C10H23BO3S3. The van der Waals surface area contributed by atoms with Gasteiger partial charge in [-0.15, -0.1) is 37.0 Å². The Bertz CT molecular complexity index is 186. The minimum Gasteiger partial charge on any atom is -0.374 e. The van der Waals surface area contributed by atoms with Crippen LogP contribution in [0.4, 0.5) is 0 Å². The van der Waals surface area contributed by atoms with Crippen molar-refractivity contribution in [3.8, 4) is 0 Å². The minimum absolute atomic E-state index is 0.00844. The SMILES string of the molecule is CCC(C)SC(C)OB(OC(C)S)OC(C)S. The summed E-state index contributed by atoms with van der Waals surface area (Å²) in [5, 5.41) is 0.549. The molecule has 0 aromatic rings. The van der Waals surface area contributed by atoms with Crippen LogP contribution < -0.4 is 0 Å². The second kappa shape index (κ2) is 9.86. The van der Waals surface area contributed by atoms with Crippen molar-refractivity contribution in [3.63, 3.8) is 0 Å². The maximum absolute atomic E-state index is 5.67. The van der Waals surface area contributed by atoms with Gasteiger partial charge in [0, 0.05) is 5.25 Å². The van der Waals surface area contributed by atoms with Gasteiger partial charge in [-0.1, -0.05) is 13.8 Å². The minimum atomic E-state index is -0.721. The number of hydrogen-bond acceptors (Lipinski definition) is 6. The Morgan fingerprint density at radius 3 is 1.82 bits per heavy atom. The fourth-order valence-corrected chi connectivity index (χ4v) is 2.23. The van der Waals surface area contributed by atoms with Gasteiger partial charge < -0.3 is 14.0 Å². The molecule has 0 rings (SSSR count). The average molecular weight is 298 g/mol. The third-order valence-electron chi connectivity index (χ3n) is 1.92. The summed E-state index contributed by atoms with van der Waals surface area (Å²) in [6.07, 6.45) is 1.11. The molecule has 0 heterocycles. The summed E-state index contributed by atoms with van der Waals surface area (Å²) in [4.78, 5) is 0. The van der Waals surface area contributed by atoms with Crippen LogP contribution in [0.5, 0.6) is 0 Å². The molecule has 0 saturated heterocycles. The highest BCUT2D eigenvalue weighted by Crippen LogP contribution is 2.22. The van der Waals surface area contributed by atoms with Gasteiger partial charge in [0.1, 0.15) is 0 Å². The summed E-state index contributed by atoms with van der Waals surface area (Å²) in [6, 6.07) is 0. The van der Waals surface area contributed by atoms with Crippen LogP contribution in [0.3, 0.4) is 0 Å². The molecule has 0 aliphatic heterocycles. The molecule has 0 aliphatic rings. The van der Waals surface area contributed by atoms with Crippen molar-refractivity contribution in [2.45, 2.75) is 62.6 Å². The molecule has 102 valence electrons. The van der Waals surface area contributed by atoms with Gasteiger partial charge in [-0.2, -0.15) is 0 Å². The van der Waals surface area contributed by atoms with E-state index in [1.807, 2.05) is 20.8 Å². The molecule has 3 nitrogen and oxygen atoms in total. The summed E-state index contributed by atoms with van der Waals surface area (Å²) in [7, 11) is -0.721. The third kappa shape index (κ3) is 10.6. The van der Waals surface area contributed by atoms with Crippen molar-refractivity contribution in [1.29, 1.82) is 0 Å². The summed E-state index contributed by atoms with van der Waals surface area (Å²) in [5.74, 6) is 0. The maximum atomic E-state index is 5.67. The Balaban J connectivity index is 4.11. The van der Waals surface area contributed by atoms with Crippen LogP contribution in [0.15, 0.2) is 0 Å². The first-order chi connectivity index (χ1) is 7.85. The smallest absolute Gasteiger partial charge is 0.374 e. The lowest BCUT2D eigenvalue weighted by atomic mass is 10.2. The van der Waals surface area contributed by atoms with Gasteiger partial charge in [0.25, 0.3) is 0 Å². The standard InChI is InChI=1S/C10H23BO3S3/c1-6-7(2)17-10(5)14-11(12-8(3)15)13-9(4)16/h7-10,15-16H,6H2,1-5H3. The first-order valence-corrected chi connectivity index (χ1v) is 7.80. The predicted octanol–water partition coefficient (Wildman–Crippen LogP) is 3.45. The van der Waals surface area contributed by atoms with E-state index in [-0.39, 0.29) is 16.3 Å². The quantitative estimate of drug-likeness (QED) is 0.387. The van der Waals surface area contributed by atoms with Gasteiger partial charge in [0.05, 0.1) is 16.3 Å². The van der Waals surface area contributed by atoms with E-state index in [1.54, 1.807) is 11.8 Å². The highest BCUT2D eigenvalue weighted by molar-refractivity contribution is 8.00. The van der Waals surface area contributed by atoms with Crippen LogP contribution in [-0.4, -0.2) is 28.9 Å². The Kier molecular flexibility index (Phi) is 10.4. The van der Waals surface area contributed by atoms with E-state index in [0.29, 0.717) is 5.25 Å². The molecule has 0 aromatic carbocycles. The fraction of sp³-hybridized carbons (Fsp3) is 1.00. The molecule has 0 amide bonds. The Hall–Kier alpha value is 0.995. The second-order valence-electron chi connectivity index (χ2n) is 3.82. The van der Waals surface area contributed by atoms with Gasteiger partial charge in [0.15, 0.2) is 0 Å². The van der Waals surface area contributed by atoms with E-state index < -0.39 is 7.32 Å². The van der Waals surface area contributed by atoms with Crippen LogP contribution in [-0.2, 0) is 14.0 Å². The van der Waals surface area contributed by atoms with Crippen molar-refractivity contribution >= 4 is 44.3 Å². The molecule has 4 atom stereocenters. The van der Waals surface area contributed by atoms with E-state index in [9.17, 15) is 0 Å². The molecule has 0 N–H and O–H groups in total. The molecule has 0 aromatic heterocycles. The van der Waals surface area contributed by atoms with Crippen molar-refractivity contribution in [3.05, 3.63) is 0 Å². The molecule has 0 aliphatic carbocycles. The number of thiol groups is 2. The van der Waals surface area contributed by atoms with Crippen LogP contribution in [0.2, 0.25) is 0 Å². The van der Waals surface area contributed by atoms with Crippen molar-refractivity contribution in [2.24, 2.45) is 0 Å². The molecule has 0 spiro atoms. The zero-order chi connectivity index (χ0) is 13.4. The Morgan fingerprint density at radius 1 is 1.00 bits per heavy atom. The lowest BCUT2D eigenvalue weighted by molar-refractivity contribution is 0.0818.